The maximum Gasteiger partial charge on any atom is 0.337 e. The maximum atomic E-state index is 12.3. The molecular formula is C13H10Cl2O4S2. The van der Waals surface area contributed by atoms with Crippen LogP contribution in [0.2, 0.25) is 10.0 Å². The van der Waals surface area contributed by atoms with Gasteiger partial charge in [-0.2, -0.15) is 0 Å². The van der Waals surface area contributed by atoms with Gasteiger partial charge in [-0.05, 0) is 30.0 Å². The molecule has 0 radical (unpaired) electrons. The average Bonchev–Trinajstić information content (AvgIpc) is 2.91. The molecule has 112 valence electrons. The molecule has 0 unspecified atom stereocenters. The number of thiophene rings is 1. The summed E-state index contributed by atoms with van der Waals surface area (Å²) in [7, 11) is -3.72. The van der Waals surface area contributed by atoms with Gasteiger partial charge in [0.2, 0.25) is 0 Å². The highest BCUT2D eigenvalue weighted by Crippen LogP contribution is 2.30. The lowest BCUT2D eigenvalue weighted by atomic mass is 10.2. The first-order valence-electron chi connectivity index (χ1n) is 5.79. The van der Waals surface area contributed by atoms with E-state index in [-0.39, 0.29) is 26.3 Å². The van der Waals surface area contributed by atoms with Crippen molar-refractivity contribution in [2.45, 2.75) is 11.3 Å². The molecule has 8 heteroatoms. The van der Waals surface area contributed by atoms with Crippen molar-refractivity contribution in [1.82, 2.24) is 0 Å². The van der Waals surface area contributed by atoms with Gasteiger partial charge in [-0.3, -0.25) is 0 Å². The van der Waals surface area contributed by atoms with Crippen molar-refractivity contribution >= 4 is 50.3 Å². The van der Waals surface area contributed by atoms with E-state index in [0.29, 0.717) is 6.42 Å². The number of sulfone groups is 1. The predicted molar refractivity (Wildman–Crippen MR) is 83.5 cm³/mol. The van der Waals surface area contributed by atoms with Crippen molar-refractivity contribution in [2.24, 2.45) is 0 Å². The Kier molecular flexibility index (Phi) is 4.93. The molecule has 1 aromatic carbocycles. The SMILES string of the molecule is O=C(O)c1cc(Cl)cc(S(=O)(=O)CCc2cccs2)c1Cl. The molecule has 0 saturated carbocycles. The van der Waals surface area contributed by atoms with E-state index in [1.54, 1.807) is 0 Å². The number of carbonyl (C=O) groups is 1. The fraction of sp³-hybridized carbons (Fsp3) is 0.154. The average molecular weight is 365 g/mol. The van der Waals surface area contributed by atoms with Gasteiger partial charge in [0.15, 0.2) is 9.84 Å². The summed E-state index contributed by atoms with van der Waals surface area (Å²) in [6.45, 7) is 0. The van der Waals surface area contributed by atoms with E-state index in [9.17, 15) is 13.2 Å². The molecule has 0 fully saturated rings. The Bertz CT molecular complexity index is 768. The fourth-order valence-electron chi connectivity index (χ4n) is 1.75. The summed E-state index contributed by atoms with van der Waals surface area (Å²) < 4.78 is 24.7. The number of rotatable bonds is 5. The first kappa shape index (κ1) is 16.3. The van der Waals surface area contributed by atoms with Crippen LogP contribution in [0.1, 0.15) is 15.2 Å². The van der Waals surface area contributed by atoms with Crippen molar-refractivity contribution in [3.05, 3.63) is 50.1 Å². The van der Waals surface area contributed by atoms with Gasteiger partial charge >= 0.3 is 5.97 Å². The van der Waals surface area contributed by atoms with E-state index >= 15 is 0 Å². The van der Waals surface area contributed by atoms with Gasteiger partial charge in [-0.15, -0.1) is 11.3 Å². The summed E-state index contributed by atoms with van der Waals surface area (Å²) in [5.41, 5.74) is -0.320. The third kappa shape index (κ3) is 3.77. The zero-order chi connectivity index (χ0) is 15.6. The molecule has 0 amide bonds. The summed E-state index contributed by atoms with van der Waals surface area (Å²) in [6.07, 6.45) is 0.339. The zero-order valence-corrected chi connectivity index (χ0v) is 13.7. The topological polar surface area (TPSA) is 71.4 Å². The molecule has 0 spiro atoms. The van der Waals surface area contributed by atoms with Crippen molar-refractivity contribution in [3.8, 4) is 0 Å². The molecule has 0 aliphatic rings. The molecule has 2 aromatic rings. The molecule has 21 heavy (non-hydrogen) atoms. The van der Waals surface area contributed by atoms with Gasteiger partial charge in [0.1, 0.15) is 0 Å². The minimum atomic E-state index is -3.72. The Hall–Kier alpha value is -1.08. The van der Waals surface area contributed by atoms with Crippen LogP contribution in [0.15, 0.2) is 34.5 Å². The summed E-state index contributed by atoms with van der Waals surface area (Å²) in [4.78, 5) is 11.7. The van der Waals surface area contributed by atoms with E-state index in [2.05, 4.69) is 0 Å². The number of aryl methyl sites for hydroxylation is 1. The second kappa shape index (κ2) is 6.36. The molecule has 2 rings (SSSR count). The van der Waals surface area contributed by atoms with E-state index < -0.39 is 15.8 Å². The largest absolute Gasteiger partial charge is 0.478 e. The van der Waals surface area contributed by atoms with Crippen LogP contribution < -0.4 is 0 Å². The number of hydrogen-bond donors (Lipinski definition) is 1. The van der Waals surface area contributed by atoms with Crippen LogP contribution in [-0.2, 0) is 16.3 Å². The van der Waals surface area contributed by atoms with Crippen LogP contribution in [0.3, 0.4) is 0 Å². The second-order valence-electron chi connectivity index (χ2n) is 4.22. The van der Waals surface area contributed by atoms with Crippen LogP contribution in [0.25, 0.3) is 0 Å². The number of halogens is 2. The van der Waals surface area contributed by atoms with Gasteiger partial charge < -0.3 is 5.11 Å². The van der Waals surface area contributed by atoms with Crippen LogP contribution in [0, 0.1) is 0 Å². The van der Waals surface area contributed by atoms with E-state index in [1.165, 1.54) is 17.4 Å². The third-order valence-corrected chi connectivity index (χ3v) is 6.17. The van der Waals surface area contributed by atoms with Crippen LogP contribution in [-0.4, -0.2) is 25.2 Å². The zero-order valence-electron chi connectivity index (χ0n) is 10.5. The number of hydrogen-bond acceptors (Lipinski definition) is 4. The molecule has 0 aliphatic heterocycles. The quantitative estimate of drug-likeness (QED) is 0.876. The van der Waals surface area contributed by atoms with Gasteiger partial charge in [0.05, 0.1) is 21.2 Å². The highest BCUT2D eigenvalue weighted by Gasteiger charge is 2.23. The van der Waals surface area contributed by atoms with Gasteiger partial charge in [-0.25, -0.2) is 13.2 Å². The fourth-order valence-corrected chi connectivity index (χ4v) is 4.81. The Morgan fingerprint density at radius 1 is 1.29 bits per heavy atom. The minimum absolute atomic E-state index is 0.0199. The molecule has 0 atom stereocenters. The third-order valence-electron chi connectivity index (χ3n) is 2.77. The summed E-state index contributed by atoms with van der Waals surface area (Å²) in [6, 6.07) is 5.98. The molecule has 1 heterocycles. The van der Waals surface area contributed by atoms with Crippen molar-refractivity contribution in [1.29, 1.82) is 0 Å². The lowest BCUT2D eigenvalue weighted by Gasteiger charge is -2.09. The number of aromatic carboxylic acids is 1. The van der Waals surface area contributed by atoms with Crippen molar-refractivity contribution < 1.29 is 18.3 Å². The Morgan fingerprint density at radius 3 is 2.57 bits per heavy atom. The first-order valence-corrected chi connectivity index (χ1v) is 9.07. The number of benzene rings is 1. The van der Waals surface area contributed by atoms with E-state index in [1.807, 2.05) is 17.5 Å². The van der Waals surface area contributed by atoms with E-state index in [4.69, 9.17) is 28.3 Å². The second-order valence-corrected chi connectivity index (χ2v) is 8.14. The molecule has 1 N–H and O–H groups in total. The molecule has 1 aromatic heterocycles. The van der Waals surface area contributed by atoms with Gasteiger partial charge in [0.25, 0.3) is 0 Å². The highest BCUT2D eigenvalue weighted by atomic mass is 35.5. The smallest absolute Gasteiger partial charge is 0.337 e. The van der Waals surface area contributed by atoms with Crippen LogP contribution in [0.4, 0.5) is 0 Å². The Balaban J connectivity index is 2.37. The molecule has 0 aliphatic carbocycles. The first-order chi connectivity index (χ1) is 9.81. The molecule has 0 saturated heterocycles. The lowest BCUT2D eigenvalue weighted by Crippen LogP contribution is -2.11. The highest BCUT2D eigenvalue weighted by molar-refractivity contribution is 7.91. The van der Waals surface area contributed by atoms with Gasteiger partial charge in [-0.1, -0.05) is 29.3 Å². The summed E-state index contributed by atoms with van der Waals surface area (Å²) in [5, 5.41) is 10.6. The van der Waals surface area contributed by atoms with E-state index in [0.717, 1.165) is 10.9 Å². The minimum Gasteiger partial charge on any atom is -0.478 e. The molecular weight excluding hydrogens is 355 g/mol. The molecule has 4 nitrogen and oxygen atoms in total. The Labute approximate surface area is 135 Å². The number of carboxylic acids is 1. The monoisotopic (exact) mass is 364 g/mol. The van der Waals surface area contributed by atoms with Crippen molar-refractivity contribution in [2.75, 3.05) is 5.75 Å². The van der Waals surface area contributed by atoms with Gasteiger partial charge in [0, 0.05) is 9.90 Å². The van der Waals surface area contributed by atoms with Crippen LogP contribution >= 0.6 is 34.5 Å². The molecule has 0 bridgehead atoms. The summed E-state index contributed by atoms with van der Waals surface area (Å²) in [5.74, 6) is -1.48. The predicted octanol–water partition coefficient (Wildman–Crippen LogP) is 3.77. The normalized spacial score (nSPS) is 11.5. The van der Waals surface area contributed by atoms with Crippen LogP contribution in [0.5, 0.6) is 0 Å². The lowest BCUT2D eigenvalue weighted by molar-refractivity contribution is 0.0697. The standard InChI is InChI=1S/C13H10Cl2O4S2/c14-8-6-10(13(16)17)12(15)11(7-8)21(18,19)5-3-9-2-1-4-20-9/h1-2,4,6-7H,3,5H2,(H,16,17). The van der Waals surface area contributed by atoms with Crippen molar-refractivity contribution in [3.63, 3.8) is 0 Å². The maximum absolute atomic E-state index is 12.3. The summed E-state index contributed by atoms with van der Waals surface area (Å²) >= 11 is 13.1. The Morgan fingerprint density at radius 2 is 2.00 bits per heavy atom. The number of carboxylic acid groups (broad SMARTS) is 1.